The molecule has 2 atom stereocenters. The smallest absolute Gasteiger partial charge is 0.165 e. The molecule has 0 bridgehead atoms. The van der Waals surface area contributed by atoms with Crippen LogP contribution in [0.2, 0.25) is 0 Å². The van der Waals surface area contributed by atoms with Crippen LogP contribution in [0.25, 0.3) is 0 Å². The maximum Gasteiger partial charge on any atom is 0.165 e. The third kappa shape index (κ3) is 3.17. The fourth-order valence-electron chi connectivity index (χ4n) is 2.11. The Bertz CT molecular complexity index is 399. The van der Waals surface area contributed by atoms with Gasteiger partial charge in [0.15, 0.2) is 11.6 Å². The Labute approximate surface area is 106 Å². The van der Waals surface area contributed by atoms with Gasteiger partial charge in [0, 0.05) is 17.7 Å². The Kier molecular flexibility index (Phi) is 5.50. The van der Waals surface area contributed by atoms with Crippen LogP contribution in [0.3, 0.4) is 0 Å². The molecule has 0 radical (unpaired) electrons. The van der Waals surface area contributed by atoms with Crippen molar-refractivity contribution in [2.24, 2.45) is 11.7 Å². The normalized spacial score (nSPS) is 14.3. The molecule has 0 aliphatic rings. The van der Waals surface area contributed by atoms with E-state index in [1.54, 1.807) is 7.05 Å². The molecule has 1 rings (SSSR count). The van der Waals surface area contributed by atoms with Gasteiger partial charge in [0.25, 0.3) is 0 Å². The molecule has 0 saturated carbocycles. The summed E-state index contributed by atoms with van der Waals surface area (Å²) in [7, 11) is 3.03. The first kappa shape index (κ1) is 14.9. The summed E-state index contributed by atoms with van der Waals surface area (Å²) in [6.45, 7) is 2.47. The molecule has 0 fully saturated rings. The molecule has 102 valence electrons. The van der Waals surface area contributed by atoms with E-state index in [1.807, 2.05) is 6.92 Å². The first-order chi connectivity index (χ1) is 8.54. The predicted molar refractivity (Wildman–Crippen MR) is 67.5 cm³/mol. The summed E-state index contributed by atoms with van der Waals surface area (Å²) in [5, 5.41) is 3.01. The molecule has 18 heavy (non-hydrogen) atoms. The molecule has 0 spiro atoms. The average Bonchev–Trinajstić information content (AvgIpc) is 2.34. The second kappa shape index (κ2) is 6.66. The lowest BCUT2D eigenvalue weighted by Crippen LogP contribution is -2.26. The minimum atomic E-state index is -0.561. The fourth-order valence-corrected chi connectivity index (χ4v) is 2.11. The third-order valence-corrected chi connectivity index (χ3v) is 3.11. The second-order valence-electron chi connectivity index (χ2n) is 4.33. The van der Waals surface area contributed by atoms with Gasteiger partial charge in [-0.15, -0.1) is 0 Å². The molecule has 3 nitrogen and oxygen atoms in total. The zero-order chi connectivity index (χ0) is 13.7. The number of benzene rings is 1. The van der Waals surface area contributed by atoms with Crippen LogP contribution in [0.15, 0.2) is 12.1 Å². The van der Waals surface area contributed by atoms with Crippen LogP contribution in [-0.2, 0) is 0 Å². The van der Waals surface area contributed by atoms with E-state index in [-0.39, 0.29) is 17.7 Å². The zero-order valence-corrected chi connectivity index (χ0v) is 11.0. The van der Waals surface area contributed by atoms with Crippen molar-refractivity contribution in [1.29, 1.82) is 0 Å². The van der Waals surface area contributed by atoms with Crippen molar-refractivity contribution in [2.45, 2.75) is 19.4 Å². The second-order valence-corrected chi connectivity index (χ2v) is 4.33. The Morgan fingerprint density at radius 3 is 2.50 bits per heavy atom. The number of hydrogen-bond donors (Lipinski definition) is 2. The zero-order valence-electron chi connectivity index (χ0n) is 11.0. The monoisotopic (exact) mass is 258 g/mol. The highest BCUT2D eigenvalue weighted by Crippen LogP contribution is 2.30. The van der Waals surface area contributed by atoms with Crippen LogP contribution in [0.5, 0.6) is 5.75 Å². The number of ether oxygens (including phenoxy) is 1. The van der Waals surface area contributed by atoms with Crippen molar-refractivity contribution < 1.29 is 13.5 Å². The molecule has 0 saturated heterocycles. The van der Waals surface area contributed by atoms with Gasteiger partial charge in [-0.3, -0.25) is 0 Å². The van der Waals surface area contributed by atoms with E-state index in [2.05, 4.69) is 5.32 Å². The number of halogens is 2. The summed E-state index contributed by atoms with van der Waals surface area (Å²) < 4.78 is 32.3. The van der Waals surface area contributed by atoms with Crippen LogP contribution in [0.4, 0.5) is 8.78 Å². The summed E-state index contributed by atoms with van der Waals surface area (Å²) in [4.78, 5) is 0. The standard InChI is InChI=1S/C13H20F2N2O/c1-8(4-5-16)13(17-2)9-6-11(15)12(18-3)7-10(9)14/h6-8,13,17H,4-5,16H2,1-3H3. The molecule has 0 heterocycles. The lowest BCUT2D eigenvalue weighted by atomic mass is 9.91. The molecule has 0 aliphatic heterocycles. The number of rotatable bonds is 6. The summed E-state index contributed by atoms with van der Waals surface area (Å²) in [6, 6.07) is 1.99. The Balaban J connectivity index is 3.09. The Morgan fingerprint density at radius 1 is 1.33 bits per heavy atom. The molecule has 3 N–H and O–H groups in total. The van der Waals surface area contributed by atoms with E-state index in [4.69, 9.17) is 10.5 Å². The summed E-state index contributed by atoms with van der Waals surface area (Å²) in [5.74, 6) is -1.01. The van der Waals surface area contributed by atoms with Crippen LogP contribution in [0, 0.1) is 17.6 Å². The molecule has 0 aromatic heterocycles. The van der Waals surface area contributed by atoms with Crippen LogP contribution in [0.1, 0.15) is 24.9 Å². The predicted octanol–water partition coefficient (Wildman–Crippen LogP) is 2.22. The van der Waals surface area contributed by atoms with Crippen molar-refractivity contribution in [3.63, 3.8) is 0 Å². The van der Waals surface area contributed by atoms with E-state index in [0.29, 0.717) is 12.1 Å². The quantitative estimate of drug-likeness (QED) is 0.822. The summed E-state index contributed by atoms with van der Waals surface area (Å²) in [6.07, 6.45) is 0.735. The van der Waals surface area contributed by atoms with Crippen molar-refractivity contribution in [2.75, 3.05) is 20.7 Å². The van der Waals surface area contributed by atoms with E-state index < -0.39 is 11.6 Å². The molecule has 2 unspecified atom stereocenters. The van der Waals surface area contributed by atoms with Crippen molar-refractivity contribution in [3.8, 4) is 5.75 Å². The number of nitrogens with one attached hydrogen (secondary N) is 1. The molecular weight excluding hydrogens is 238 g/mol. The topological polar surface area (TPSA) is 47.3 Å². The fraction of sp³-hybridized carbons (Fsp3) is 0.538. The summed E-state index contributed by atoms with van der Waals surface area (Å²) >= 11 is 0. The average molecular weight is 258 g/mol. The number of hydrogen-bond acceptors (Lipinski definition) is 3. The van der Waals surface area contributed by atoms with Crippen LogP contribution >= 0.6 is 0 Å². The first-order valence-electron chi connectivity index (χ1n) is 5.95. The minimum Gasteiger partial charge on any atom is -0.494 e. The maximum atomic E-state index is 13.9. The van der Waals surface area contributed by atoms with Gasteiger partial charge in [0.05, 0.1) is 7.11 Å². The van der Waals surface area contributed by atoms with Gasteiger partial charge in [0.2, 0.25) is 0 Å². The molecule has 5 heteroatoms. The molecular formula is C13H20F2N2O. The van der Waals surface area contributed by atoms with Gasteiger partial charge in [-0.2, -0.15) is 0 Å². The van der Waals surface area contributed by atoms with Gasteiger partial charge in [0.1, 0.15) is 5.82 Å². The van der Waals surface area contributed by atoms with Gasteiger partial charge in [-0.25, -0.2) is 8.78 Å². The molecule has 1 aromatic carbocycles. The van der Waals surface area contributed by atoms with Crippen LogP contribution in [-0.4, -0.2) is 20.7 Å². The van der Waals surface area contributed by atoms with E-state index in [1.165, 1.54) is 13.2 Å². The van der Waals surface area contributed by atoms with E-state index in [0.717, 1.165) is 12.5 Å². The van der Waals surface area contributed by atoms with Gasteiger partial charge in [-0.05, 0) is 32.0 Å². The van der Waals surface area contributed by atoms with Gasteiger partial charge >= 0.3 is 0 Å². The molecule has 0 aliphatic carbocycles. The largest absolute Gasteiger partial charge is 0.494 e. The van der Waals surface area contributed by atoms with Gasteiger partial charge < -0.3 is 15.8 Å². The highest BCUT2D eigenvalue weighted by Gasteiger charge is 2.22. The maximum absolute atomic E-state index is 13.9. The number of nitrogens with two attached hydrogens (primary N) is 1. The van der Waals surface area contributed by atoms with Crippen molar-refractivity contribution in [3.05, 3.63) is 29.3 Å². The Hall–Kier alpha value is -1.20. The lowest BCUT2D eigenvalue weighted by molar-refractivity contribution is 0.363. The van der Waals surface area contributed by atoms with E-state index >= 15 is 0 Å². The van der Waals surface area contributed by atoms with E-state index in [9.17, 15) is 8.78 Å². The highest BCUT2D eigenvalue weighted by atomic mass is 19.1. The SMILES string of the molecule is CNC(c1cc(F)c(OC)cc1F)C(C)CCN. The molecule has 0 amide bonds. The van der Waals surface area contributed by atoms with Crippen LogP contribution < -0.4 is 15.8 Å². The minimum absolute atomic E-state index is 0.0856. The summed E-state index contributed by atoms with van der Waals surface area (Å²) in [5.41, 5.74) is 5.80. The van der Waals surface area contributed by atoms with Crippen molar-refractivity contribution >= 4 is 0 Å². The van der Waals surface area contributed by atoms with Crippen molar-refractivity contribution in [1.82, 2.24) is 5.32 Å². The first-order valence-corrected chi connectivity index (χ1v) is 5.95. The highest BCUT2D eigenvalue weighted by molar-refractivity contribution is 5.32. The Morgan fingerprint density at radius 2 is 2.00 bits per heavy atom. The lowest BCUT2D eigenvalue weighted by Gasteiger charge is -2.24. The van der Waals surface area contributed by atoms with Gasteiger partial charge in [-0.1, -0.05) is 6.92 Å². The molecule has 1 aromatic rings. The number of methoxy groups -OCH3 is 1. The third-order valence-electron chi connectivity index (χ3n) is 3.11.